The van der Waals surface area contributed by atoms with Gasteiger partial charge in [-0.3, -0.25) is 9.78 Å². The lowest BCUT2D eigenvalue weighted by molar-refractivity contribution is -0.140. The van der Waals surface area contributed by atoms with Gasteiger partial charge in [-0.1, -0.05) is 18.2 Å². The fourth-order valence-corrected chi connectivity index (χ4v) is 2.20. The topological polar surface area (TPSA) is 97.8 Å². The molecule has 1 aromatic heterocycles. The summed E-state index contributed by atoms with van der Waals surface area (Å²) < 4.78 is 11.2. The van der Waals surface area contributed by atoms with E-state index in [1.807, 2.05) is 39.0 Å². The predicted octanol–water partition coefficient (Wildman–Crippen LogP) is 3.26. The van der Waals surface area contributed by atoms with Crippen LogP contribution in [0.1, 0.15) is 37.7 Å². The van der Waals surface area contributed by atoms with Gasteiger partial charge in [-0.2, -0.15) is 0 Å². The molecule has 0 saturated carbocycles. The Kier molecular flexibility index (Phi) is 6.90. The van der Waals surface area contributed by atoms with Crippen LogP contribution in [-0.2, 0) is 9.53 Å². The third-order valence-corrected chi connectivity index (χ3v) is 3.49. The largest absolute Gasteiger partial charge is 0.480 e. The first-order valence-corrected chi connectivity index (χ1v) is 8.61. The zero-order chi connectivity index (χ0) is 19.9. The maximum atomic E-state index is 12.4. The van der Waals surface area contributed by atoms with Crippen LogP contribution in [-0.4, -0.2) is 40.2 Å². The molecule has 2 N–H and O–H groups in total. The summed E-state index contributed by atoms with van der Waals surface area (Å²) in [6.07, 6.45) is 1.59. The number of pyridine rings is 1. The molecule has 0 fully saturated rings. The molecule has 1 unspecified atom stereocenters. The van der Waals surface area contributed by atoms with E-state index in [2.05, 4.69) is 10.3 Å². The lowest BCUT2D eigenvalue weighted by Crippen LogP contribution is -2.42. The third-order valence-electron chi connectivity index (χ3n) is 3.49. The van der Waals surface area contributed by atoms with Crippen LogP contribution in [0.3, 0.4) is 0 Å². The number of carbonyl (C=O) groups excluding carboxylic acids is 1. The fraction of sp³-hybridized carbons (Fsp3) is 0.350. The minimum absolute atomic E-state index is 0.0754. The van der Waals surface area contributed by atoms with E-state index in [1.54, 1.807) is 18.2 Å². The Hall–Kier alpha value is -2.93. The molecule has 1 aromatic carbocycles. The van der Waals surface area contributed by atoms with Gasteiger partial charge in [0.05, 0.1) is 5.60 Å². The van der Waals surface area contributed by atoms with Crippen LogP contribution < -0.4 is 10.1 Å². The number of aromatic nitrogens is 1. The van der Waals surface area contributed by atoms with Gasteiger partial charge in [-0.15, -0.1) is 0 Å². The zero-order valence-corrected chi connectivity index (χ0v) is 15.6. The lowest BCUT2D eigenvalue weighted by atomic mass is 10.1. The Balaban J connectivity index is 2.00. The second-order valence-electron chi connectivity index (χ2n) is 6.91. The molecule has 0 aliphatic heterocycles. The zero-order valence-electron chi connectivity index (χ0n) is 15.6. The number of hydrogen-bond donors (Lipinski definition) is 2. The van der Waals surface area contributed by atoms with Crippen molar-refractivity contribution in [1.82, 2.24) is 10.3 Å². The van der Waals surface area contributed by atoms with E-state index >= 15 is 0 Å². The average molecular weight is 372 g/mol. The number of benzene rings is 1. The number of hydrogen-bond acceptors (Lipinski definition) is 5. The maximum absolute atomic E-state index is 12.4. The number of ether oxygens (including phenoxy) is 2. The number of amides is 1. The van der Waals surface area contributed by atoms with Gasteiger partial charge in [0.25, 0.3) is 5.91 Å². The second kappa shape index (κ2) is 9.14. The Bertz CT molecular complexity index is 771. The molecule has 2 rings (SSSR count). The minimum atomic E-state index is -1.13. The van der Waals surface area contributed by atoms with Crippen molar-refractivity contribution in [3.05, 3.63) is 54.4 Å². The van der Waals surface area contributed by atoms with Crippen molar-refractivity contribution in [3.63, 3.8) is 0 Å². The molecule has 1 heterocycles. The van der Waals surface area contributed by atoms with Gasteiger partial charge in [0, 0.05) is 25.3 Å². The molecule has 0 aliphatic rings. The van der Waals surface area contributed by atoms with Gasteiger partial charge in [0.15, 0.2) is 0 Å². The highest BCUT2D eigenvalue weighted by atomic mass is 16.5. The van der Waals surface area contributed by atoms with Crippen molar-refractivity contribution in [1.29, 1.82) is 0 Å². The second-order valence-corrected chi connectivity index (χ2v) is 6.91. The van der Waals surface area contributed by atoms with Crippen molar-refractivity contribution in [2.75, 3.05) is 6.61 Å². The molecule has 0 aliphatic carbocycles. The van der Waals surface area contributed by atoms with Crippen molar-refractivity contribution in [2.45, 2.75) is 38.8 Å². The highest BCUT2D eigenvalue weighted by Gasteiger charge is 2.22. The molecule has 0 bridgehead atoms. The number of carboxylic acid groups (broad SMARTS) is 1. The van der Waals surface area contributed by atoms with Gasteiger partial charge in [-0.25, -0.2) is 4.79 Å². The summed E-state index contributed by atoms with van der Waals surface area (Å²) in [6.45, 7) is 5.85. The maximum Gasteiger partial charge on any atom is 0.326 e. The quantitative estimate of drug-likeness (QED) is 0.738. The van der Waals surface area contributed by atoms with Gasteiger partial charge >= 0.3 is 5.97 Å². The van der Waals surface area contributed by atoms with Crippen LogP contribution in [0.2, 0.25) is 0 Å². The highest BCUT2D eigenvalue weighted by Crippen LogP contribution is 2.20. The van der Waals surface area contributed by atoms with E-state index in [0.717, 1.165) is 0 Å². The van der Waals surface area contributed by atoms with Crippen LogP contribution in [0, 0.1) is 0 Å². The lowest BCUT2D eigenvalue weighted by Gasteiger charge is -2.21. The normalized spacial score (nSPS) is 12.3. The average Bonchev–Trinajstić information content (AvgIpc) is 2.60. The van der Waals surface area contributed by atoms with Gasteiger partial charge < -0.3 is 19.9 Å². The van der Waals surface area contributed by atoms with Crippen LogP contribution in [0.25, 0.3) is 0 Å². The number of nitrogens with zero attached hydrogens (tertiary/aromatic N) is 1. The number of carbonyl (C=O) groups is 2. The molecule has 2 aromatic rings. The molecule has 1 atom stereocenters. The Labute approximate surface area is 158 Å². The first kappa shape index (κ1) is 20.4. The molecule has 144 valence electrons. The van der Waals surface area contributed by atoms with Crippen LogP contribution in [0.4, 0.5) is 0 Å². The molecule has 7 nitrogen and oxygen atoms in total. The molecule has 7 heteroatoms. The molecule has 0 spiro atoms. The van der Waals surface area contributed by atoms with E-state index in [9.17, 15) is 14.7 Å². The summed E-state index contributed by atoms with van der Waals surface area (Å²) in [5, 5.41) is 11.8. The summed E-state index contributed by atoms with van der Waals surface area (Å²) in [7, 11) is 0. The summed E-state index contributed by atoms with van der Waals surface area (Å²) in [6, 6.07) is 11.1. The smallest absolute Gasteiger partial charge is 0.326 e. The minimum Gasteiger partial charge on any atom is -0.480 e. The number of rotatable bonds is 8. The van der Waals surface area contributed by atoms with Crippen molar-refractivity contribution < 1.29 is 24.2 Å². The van der Waals surface area contributed by atoms with Crippen LogP contribution in [0.5, 0.6) is 11.5 Å². The predicted molar refractivity (Wildman–Crippen MR) is 100.0 cm³/mol. The summed E-state index contributed by atoms with van der Waals surface area (Å²) in [5.74, 6) is -0.656. The Morgan fingerprint density at radius 2 is 1.85 bits per heavy atom. The van der Waals surface area contributed by atoms with Gasteiger partial charge in [0.1, 0.15) is 23.2 Å². The van der Waals surface area contributed by atoms with Crippen molar-refractivity contribution >= 4 is 11.9 Å². The first-order valence-electron chi connectivity index (χ1n) is 8.61. The molecule has 0 saturated heterocycles. The highest BCUT2D eigenvalue weighted by molar-refractivity contribution is 5.95. The first-order chi connectivity index (χ1) is 12.7. The number of aliphatic carboxylic acids is 1. The summed E-state index contributed by atoms with van der Waals surface area (Å²) in [4.78, 5) is 27.8. The SMILES string of the molecule is CC(C)(C)OCCC(NC(=O)c1cc(Oc2ccccc2)ccn1)C(=O)O. The molecular weight excluding hydrogens is 348 g/mol. The molecule has 27 heavy (non-hydrogen) atoms. The molecular formula is C20H24N2O5. The van der Waals surface area contributed by atoms with E-state index < -0.39 is 17.9 Å². The summed E-state index contributed by atoms with van der Waals surface area (Å²) in [5.41, 5.74) is -0.302. The third kappa shape index (κ3) is 7.07. The van der Waals surface area contributed by atoms with Crippen molar-refractivity contribution in [3.8, 4) is 11.5 Å². The number of nitrogens with one attached hydrogen (secondary N) is 1. The van der Waals surface area contributed by atoms with Gasteiger partial charge in [-0.05, 0) is 39.0 Å². The number of carboxylic acids is 1. The van der Waals surface area contributed by atoms with E-state index in [1.165, 1.54) is 12.3 Å². The summed E-state index contributed by atoms with van der Waals surface area (Å²) >= 11 is 0. The van der Waals surface area contributed by atoms with Gasteiger partial charge in [0.2, 0.25) is 0 Å². The monoisotopic (exact) mass is 372 g/mol. The van der Waals surface area contributed by atoms with E-state index in [-0.39, 0.29) is 24.3 Å². The van der Waals surface area contributed by atoms with Crippen LogP contribution in [0.15, 0.2) is 48.7 Å². The standard InChI is InChI=1S/C20H24N2O5/c1-20(2,3)26-12-10-16(19(24)25)22-18(23)17-13-15(9-11-21-17)27-14-7-5-4-6-8-14/h4-9,11,13,16H,10,12H2,1-3H3,(H,22,23)(H,24,25). The molecule has 1 amide bonds. The van der Waals surface area contributed by atoms with Crippen LogP contribution >= 0.6 is 0 Å². The Morgan fingerprint density at radius 3 is 2.48 bits per heavy atom. The number of para-hydroxylation sites is 1. The fourth-order valence-electron chi connectivity index (χ4n) is 2.20. The van der Waals surface area contributed by atoms with E-state index in [4.69, 9.17) is 9.47 Å². The molecule has 0 radical (unpaired) electrons. The Morgan fingerprint density at radius 1 is 1.15 bits per heavy atom. The van der Waals surface area contributed by atoms with E-state index in [0.29, 0.717) is 11.5 Å². The van der Waals surface area contributed by atoms with Crippen molar-refractivity contribution in [2.24, 2.45) is 0 Å².